The lowest BCUT2D eigenvalue weighted by atomic mass is 9.49. The van der Waals surface area contributed by atoms with Crippen molar-refractivity contribution in [1.82, 2.24) is 9.78 Å². The Hall–Kier alpha value is -1.27. The van der Waals surface area contributed by atoms with Crippen molar-refractivity contribution in [3.63, 3.8) is 0 Å². The van der Waals surface area contributed by atoms with E-state index in [1.54, 1.807) is 18.0 Å². The van der Waals surface area contributed by atoms with Crippen molar-refractivity contribution in [2.45, 2.75) is 53.6 Å². The van der Waals surface area contributed by atoms with Crippen molar-refractivity contribution >= 4 is 39.3 Å². The van der Waals surface area contributed by atoms with Crippen molar-refractivity contribution in [3.05, 3.63) is 42.7 Å². The van der Waals surface area contributed by atoms with Gasteiger partial charge < -0.3 is 5.32 Å². The molecule has 27 heavy (non-hydrogen) atoms. The number of hydrogen-bond donors (Lipinski definition) is 1. The average molecular weight is 446 g/mol. The smallest absolute Gasteiger partial charge is 0.230 e. The molecule has 6 rings (SSSR count). The molecule has 1 heterocycles. The molecule has 2 aromatic rings. The summed E-state index contributed by atoms with van der Waals surface area (Å²) in [5.41, 5.74) is 0.627. The third-order valence-electron chi connectivity index (χ3n) is 6.47. The summed E-state index contributed by atoms with van der Waals surface area (Å²) < 4.78 is 2.09. The zero-order valence-corrected chi connectivity index (χ0v) is 17.6. The van der Waals surface area contributed by atoms with Crippen LogP contribution in [0.2, 0.25) is 0 Å². The molecule has 4 aliphatic rings. The summed E-state index contributed by atoms with van der Waals surface area (Å²) >= 11 is 5.73. The van der Waals surface area contributed by atoms with Gasteiger partial charge >= 0.3 is 0 Å². The number of amides is 1. The Morgan fingerprint density at radius 1 is 1.22 bits per heavy atom. The van der Waals surface area contributed by atoms with Crippen LogP contribution in [0.1, 0.15) is 38.5 Å². The molecule has 0 aliphatic heterocycles. The topological polar surface area (TPSA) is 46.9 Å². The number of alkyl halides is 1. The van der Waals surface area contributed by atoms with Gasteiger partial charge in [0.25, 0.3) is 0 Å². The lowest BCUT2D eigenvalue weighted by Crippen LogP contribution is -2.57. The number of halogens is 1. The minimum Gasteiger partial charge on any atom is -0.323 e. The van der Waals surface area contributed by atoms with Gasteiger partial charge in [-0.3, -0.25) is 9.48 Å². The van der Waals surface area contributed by atoms with Crippen LogP contribution in [0, 0.1) is 17.3 Å². The number of rotatable bonds is 5. The van der Waals surface area contributed by atoms with E-state index in [4.69, 9.17) is 0 Å². The van der Waals surface area contributed by atoms with Gasteiger partial charge in [-0.25, -0.2) is 0 Å². The zero-order chi connectivity index (χ0) is 18.5. The highest BCUT2D eigenvalue weighted by atomic mass is 79.9. The van der Waals surface area contributed by atoms with E-state index in [2.05, 4.69) is 38.5 Å². The van der Waals surface area contributed by atoms with Crippen LogP contribution in [0.3, 0.4) is 0 Å². The highest BCUT2D eigenvalue weighted by Gasteiger charge is 2.59. The zero-order valence-electron chi connectivity index (χ0n) is 15.2. The lowest BCUT2D eigenvalue weighted by molar-refractivity contribution is -0.138. The molecule has 1 aromatic carbocycles. The molecule has 2 unspecified atom stereocenters. The van der Waals surface area contributed by atoms with Crippen LogP contribution in [-0.4, -0.2) is 20.0 Å². The Morgan fingerprint density at radius 2 is 1.96 bits per heavy atom. The first kappa shape index (κ1) is 17.8. The molecular weight excluding hydrogens is 422 g/mol. The van der Waals surface area contributed by atoms with Crippen molar-refractivity contribution in [2.24, 2.45) is 17.3 Å². The number of carbonyl (C=O) groups excluding carboxylic acids is 1. The largest absolute Gasteiger partial charge is 0.323 e. The van der Waals surface area contributed by atoms with E-state index in [1.807, 2.05) is 29.1 Å². The number of benzene rings is 1. The number of hydrogen-bond acceptors (Lipinski definition) is 3. The molecule has 0 radical (unpaired) electrons. The van der Waals surface area contributed by atoms with Gasteiger partial charge in [0.2, 0.25) is 5.91 Å². The van der Waals surface area contributed by atoms with Crippen molar-refractivity contribution in [1.29, 1.82) is 0 Å². The molecule has 6 heteroatoms. The van der Waals surface area contributed by atoms with E-state index in [9.17, 15) is 4.79 Å². The Balaban J connectivity index is 1.25. The van der Waals surface area contributed by atoms with Gasteiger partial charge in [-0.1, -0.05) is 34.1 Å². The fraction of sp³-hybridized carbons (Fsp3) is 0.524. The summed E-state index contributed by atoms with van der Waals surface area (Å²) in [4.78, 5) is 14.4. The second-order valence-electron chi connectivity index (χ2n) is 8.70. The van der Waals surface area contributed by atoms with Gasteiger partial charge in [-0.15, -0.1) is 11.8 Å². The third kappa shape index (κ3) is 3.46. The molecule has 4 bridgehead atoms. The molecule has 4 fully saturated rings. The minimum absolute atomic E-state index is 0.186. The number of anilines is 1. The van der Waals surface area contributed by atoms with Crippen LogP contribution >= 0.6 is 27.7 Å². The molecule has 142 valence electrons. The summed E-state index contributed by atoms with van der Waals surface area (Å²) in [6.45, 7) is 0. The molecule has 4 nitrogen and oxygen atoms in total. The summed E-state index contributed by atoms with van der Waals surface area (Å²) in [6.07, 6.45) is 10.6. The van der Waals surface area contributed by atoms with Gasteiger partial charge in [0.1, 0.15) is 0 Å². The molecule has 1 amide bonds. The summed E-state index contributed by atoms with van der Waals surface area (Å²) in [5, 5.41) is 7.60. The molecule has 0 spiro atoms. The van der Waals surface area contributed by atoms with E-state index in [-0.39, 0.29) is 15.6 Å². The Kier molecular flexibility index (Phi) is 4.39. The highest BCUT2D eigenvalue weighted by molar-refractivity contribution is 9.10. The van der Waals surface area contributed by atoms with E-state index >= 15 is 0 Å². The lowest BCUT2D eigenvalue weighted by Gasteiger charge is -2.59. The first-order valence-electron chi connectivity index (χ1n) is 9.73. The fourth-order valence-electron chi connectivity index (χ4n) is 5.84. The molecule has 2 atom stereocenters. The van der Waals surface area contributed by atoms with Crippen LogP contribution in [0.4, 0.5) is 5.69 Å². The molecule has 1 N–H and O–H groups in total. The number of aromatic nitrogens is 2. The standard InChI is InChI=1S/C21H24BrN3OS/c22-21-9-15-6-16(10-21)8-20(7-15,13-21)19(26)24-17-11-23-25(12-17)14-27-18-4-2-1-3-5-18/h1-5,11-12,15-16H,6-10,13-14H2,(H,24,26). The van der Waals surface area contributed by atoms with Gasteiger partial charge in [0.15, 0.2) is 0 Å². The molecule has 0 saturated heterocycles. The molecule has 1 aromatic heterocycles. The minimum atomic E-state index is -0.186. The van der Waals surface area contributed by atoms with E-state index in [0.29, 0.717) is 11.8 Å². The maximum atomic E-state index is 13.2. The predicted octanol–water partition coefficient (Wildman–Crippen LogP) is 5.31. The number of nitrogens with zero attached hydrogens (tertiary/aromatic N) is 2. The second kappa shape index (κ2) is 6.66. The third-order valence-corrected chi connectivity index (χ3v) is 8.40. The summed E-state index contributed by atoms with van der Waals surface area (Å²) in [6, 6.07) is 10.3. The van der Waals surface area contributed by atoms with Gasteiger partial charge in [-0.05, 0) is 62.5 Å². The van der Waals surface area contributed by atoms with Crippen molar-refractivity contribution in [3.8, 4) is 0 Å². The van der Waals surface area contributed by atoms with E-state index in [1.165, 1.54) is 24.2 Å². The van der Waals surface area contributed by atoms with Gasteiger partial charge in [0, 0.05) is 15.4 Å². The first-order chi connectivity index (χ1) is 13.0. The second-order valence-corrected chi connectivity index (χ2v) is 11.4. The SMILES string of the molecule is O=C(Nc1cnn(CSc2ccccc2)c1)C12CC3CC(CC(Br)(C3)C1)C2. The van der Waals surface area contributed by atoms with E-state index < -0.39 is 0 Å². The predicted molar refractivity (Wildman–Crippen MR) is 112 cm³/mol. The van der Waals surface area contributed by atoms with Gasteiger partial charge in [0.05, 0.1) is 23.2 Å². The maximum absolute atomic E-state index is 13.2. The summed E-state index contributed by atoms with van der Waals surface area (Å²) in [5.74, 6) is 2.36. The number of thioether (sulfide) groups is 1. The Morgan fingerprint density at radius 3 is 2.67 bits per heavy atom. The average Bonchev–Trinajstić information content (AvgIpc) is 3.06. The van der Waals surface area contributed by atoms with Crippen LogP contribution in [0.5, 0.6) is 0 Å². The number of carbonyl (C=O) groups is 1. The van der Waals surface area contributed by atoms with Crippen LogP contribution in [0.15, 0.2) is 47.6 Å². The highest BCUT2D eigenvalue weighted by Crippen LogP contribution is 2.64. The molecule has 4 aliphatic carbocycles. The van der Waals surface area contributed by atoms with E-state index in [0.717, 1.165) is 30.8 Å². The van der Waals surface area contributed by atoms with Crippen molar-refractivity contribution in [2.75, 3.05) is 5.32 Å². The monoisotopic (exact) mass is 445 g/mol. The summed E-state index contributed by atoms with van der Waals surface area (Å²) in [7, 11) is 0. The maximum Gasteiger partial charge on any atom is 0.230 e. The Labute approximate surface area is 172 Å². The van der Waals surface area contributed by atoms with Crippen LogP contribution in [0.25, 0.3) is 0 Å². The normalized spacial score (nSPS) is 34.0. The molecular formula is C21H24BrN3OS. The number of nitrogens with one attached hydrogen (secondary N) is 1. The fourth-order valence-corrected chi connectivity index (χ4v) is 8.06. The quantitative estimate of drug-likeness (QED) is 0.501. The van der Waals surface area contributed by atoms with Gasteiger partial charge in [-0.2, -0.15) is 5.10 Å². The van der Waals surface area contributed by atoms with Crippen molar-refractivity contribution < 1.29 is 4.79 Å². The van der Waals surface area contributed by atoms with Crippen LogP contribution < -0.4 is 5.32 Å². The van der Waals surface area contributed by atoms with Crippen LogP contribution in [-0.2, 0) is 10.7 Å². The molecule has 4 saturated carbocycles. The first-order valence-corrected chi connectivity index (χ1v) is 11.5. The Bertz CT molecular complexity index is 838.